The molecular formula is C54H37N3S2. The van der Waals surface area contributed by atoms with Crippen LogP contribution in [0.1, 0.15) is 0 Å². The molecule has 0 unspecified atom stereocenters. The van der Waals surface area contributed by atoms with Gasteiger partial charge in [-0.3, -0.25) is 0 Å². The highest BCUT2D eigenvalue weighted by Gasteiger charge is 2.20. The lowest BCUT2D eigenvalue weighted by Gasteiger charge is -2.28. The number of benzene rings is 9. The third-order valence-electron chi connectivity index (χ3n) is 11.0. The molecule has 59 heavy (non-hydrogen) atoms. The molecule has 0 aliphatic rings. The van der Waals surface area contributed by atoms with E-state index in [-0.39, 0.29) is 0 Å². The molecule has 5 heteroatoms. The molecule has 11 rings (SSSR count). The summed E-state index contributed by atoms with van der Waals surface area (Å²) in [6.07, 6.45) is 0. The number of nitrogens with zero attached hydrogens (tertiary/aromatic N) is 3. The Bertz CT molecular complexity index is 3140. The number of hydrogen-bond acceptors (Lipinski definition) is 5. The summed E-state index contributed by atoms with van der Waals surface area (Å²) in [7, 11) is 0. The van der Waals surface area contributed by atoms with Gasteiger partial charge in [-0.15, -0.1) is 22.7 Å². The largest absolute Gasteiger partial charge is 0.311 e. The lowest BCUT2D eigenvalue weighted by Crippen LogP contribution is -2.12. The molecule has 11 aromatic rings. The summed E-state index contributed by atoms with van der Waals surface area (Å²) in [5, 5.41) is 5.09. The fourth-order valence-electron chi connectivity index (χ4n) is 8.29. The van der Waals surface area contributed by atoms with Gasteiger partial charge >= 0.3 is 0 Å². The molecule has 0 saturated carbocycles. The van der Waals surface area contributed by atoms with Crippen LogP contribution in [0.3, 0.4) is 0 Å². The van der Waals surface area contributed by atoms with Crippen LogP contribution in [-0.2, 0) is 0 Å². The molecule has 9 aromatic carbocycles. The molecule has 0 radical (unpaired) electrons. The Labute approximate surface area is 351 Å². The van der Waals surface area contributed by atoms with Crippen LogP contribution in [0.4, 0.5) is 51.2 Å². The van der Waals surface area contributed by atoms with E-state index in [4.69, 9.17) is 0 Å². The van der Waals surface area contributed by atoms with Gasteiger partial charge in [-0.1, -0.05) is 97.1 Å². The van der Waals surface area contributed by atoms with Crippen molar-refractivity contribution in [2.45, 2.75) is 0 Å². The normalized spacial score (nSPS) is 11.4. The zero-order valence-corrected chi connectivity index (χ0v) is 33.7. The maximum atomic E-state index is 2.41. The predicted octanol–water partition coefficient (Wildman–Crippen LogP) is 16.8. The average Bonchev–Trinajstić information content (AvgIpc) is 3.86. The number of fused-ring (bicyclic) bond motifs is 6. The molecule has 2 heterocycles. The minimum Gasteiger partial charge on any atom is -0.311 e. The van der Waals surface area contributed by atoms with Gasteiger partial charge in [-0.2, -0.15) is 0 Å². The van der Waals surface area contributed by atoms with Crippen molar-refractivity contribution in [3.63, 3.8) is 0 Å². The van der Waals surface area contributed by atoms with Crippen molar-refractivity contribution in [2.75, 3.05) is 14.7 Å². The monoisotopic (exact) mass is 791 g/mol. The number of anilines is 9. The van der Waals surface area contributed by atoms with Crippen LogP contribution in [0.25, 0.3) is 40.3 Å². The van der Waals surface area contributed by atoms with Crippen molar-refractivity contribution < 1.29 is 0 Å². The second-order valence-electron chi connectivity index (χ2n) is 14.6. The molecule has 2 aromatic heterocycles. The van der Waals surface area contributed by atoms with Gasteiger partial charge in [-0.05, 0) is 127 Å². The van der Waals surface area contributed by atoms with E-state index in [0.717, 1.165) is 51.2 Å². The van der Waals surface area contributed by atoms with Crippen molar-refractivity contribution in [1.82, 2.24) is 0 Å². The first-order valence-corrected chi connectivity index (χ1v) is 21.5. The van der Waals surface area contributed by atoms with Crippen LogP contribution in [0.2, 0.25) is 0 Å². The summed E-state index contributed by atoms with van der Waals surface area (Å²) in [4.78, 5) is 7.06. The number of thiophene rings is 2. The Balaban J connectivity index is 1.04. The third-order valence-corrected chi connectivity index (χ3v) is 13.3. The Kier molecular flexibility index (Phi) is 8.88. The first-order chi connectivity index (χ1) is 29.2. The summed E-state index contributed by atoms with van der Waals surface area (Å²) in [6, 6.07) is 80.9. The fourth-order valence-corrected chi connectivity index (χ4v) is 10.5. The highest BCUT2D eigenvalue weighted by molar-refractivity contribution is 7.26. The Morgan fingerprint density at radius 1 is 0.203 bits per heavy atom. The van der Waals surface area contributed by atoms with Crippen LogP contribution < -0.4 is 14.7 Å². The minimum atomic E-state index is 1.10. The van der Waals surface area contributed by atoms with Crippen LogP contribution in [0, 0.1) is 0 Å². The molecule has 0 saturated heterocycles. The number of rotatable bonds is 9. The quantitative estimate of drug-likeness (QED) is 0.144. The van der Waals surface area contributed by atoms with Crippen molar-refractivity contribution in [3.8, 4) is 0 Å². The van der Waals surface area contributed by atoms with Gasteiger partial charge < -0.3 is 14.7 Å². The maximum Gasteiger partial charge on any atom is 0.0476 e. The van der Waals surface area contributed by atoms with Gasteiger partial charge in [-0.25, -0.2) is 0 Å². The molecular weight excluding hydrogens is 755 g/mol. The molecule has 0 N–H and O–H groups in total. The van der Waals surface area contributed by atoms with E-state index in [1.807, 2.05) is 22.7 Å². The van der Waals surface area contributed by atoms with Gasteiger partial charge in [0, 0.05) is 91.5 Å². The van der Waals surface area contributed by atoms with E-state index in [0.29, 0.717) is 0 Å². The second-order valence-corrected chi connectivity index (χ2v) is 16.8. The zero-order chi connectivity index (χ0) is 39.1. The predicted molar refractivity (Wildman–Crippen MR) is 256 cm³/mol. The van der Waals surface area contributed by atoms with E-state index < -0.39 is 0 Å². The van der Waals surface area contributed by atoms with Gasteiger partial charge in [0.15, 0.2) is 0 Å². The Morgan fingerprint density at radius 3 is 1.00 bits per heavy atom. The fraction of sp³-hybridized carbons (Fsp3) is 0. The van der Waals surface area contributed by atoms with Crippen molar-refractivity contribution in [1.29, 1.82) is 0 Å². The molecule has 280 valence electrons. The van der Waals surface area contributed by atoms with Crippen LogP contribution in [0.15, 0.2) is 224 Å². The zero-order valence-electron chi connectivity index (χ0n) is 32.0. The van der Waals surface area contributed by atoms with Crippen molar-refractivity contribution in [2.24, 2.45) is 0 Å². The third kappa shape index (κ3) is 6.47. The van der Waals surface area contributed by atoms with Crippen LogP contribution >= 0.6 is 22.7 Å². The summed E-state index contributed by atoms with van der Waals surface area (Å²) < 4.78 is 5.12. The highest BCUT2D eigenvalue weighted by atomic mass is 32.1. The van der Waals surface area contributed by atoms with Crippen molar-refractivity contribution >= 4 is 114 Å². The summed E-state index contributed by atoms with van der Waals surface area (Å²) in [5.74, 6) is 0. The molecule has 0 amide bonds. The second kappa shape index (κ2) is 15.0. The SMILES string of the molecule is c1ccc(N(c2ccccc2)c2ccc(N(c3ccc4c(c3)sc3ccc(N(c5ccccc5)c5ccccc5)cc34)c3ccc4sc5ccccc5c4c3)cc2)cc1. The van der Waals surface area contributed by atoms with Gasteiger partial charge in [0.1, 0.15) is 0 Å². The molecule has 0 aliphatic carbocycles. The van der Waals surface area contributed by atoms with E-state index in [1.54, 1.807) is 0 Å². The molecule has 3 nitrogen and oxygen atoms in total. The lowest BCUT2D eigenvalue weighted by atomic mass is 10.1. The molecule has 0 bridgehead atoms. The maximum absolute atomic E-state index is 2.41. The van der Waals surface area contributed by atoms with E-state index in [2.05, 4.69) is 239 Å². The Hall–Kier alpha value is -7.18. The first-order valence-electron chi connectivity index (χ1n) is 19.8. The van der Waals surface area contributed by atoms with Crippen molar-refractivity contribution in [3.05, 3.63) is 224 Å². The summed E-state index contributed by atoms with van der Waals surface area (Å²) in [5.41, 5.74) is 10.1. The minimum absolute atomic E-state index is 1.10. The van der Waals surface area contributed by atoms with E-state index >= 15 is 0 Å². The standard InChI is InChI=1S/C54H37N3S2/c1-5-15-38(16-6-1)55(39-17-7-2-8-18-39)42-25-27-43(28-26-42)57(45-31-33-52-49(36-45)47-23-13-14-24-51(47)58-52)46-29-32-48-50-35-44(30-34-53(50)59-54(48)37-46)56(40-19-9-3-10-20-40)41-21-11-4-12-22-41/h1-37H. The highest BCUT2D eigenvalue weighted by Crippen LogP contribution is 2.46. The van der Waals surface area contributed by atoms with Crippen LogP contribution in [-0.4, -0.2) is 0 Å². The first kappa shape index (κ1) is 35.0. The Morgan fingerprint density at radius 2 is 0.508 bits per heavy atom. The van der Waals surface area contributed by atoms with Gasteiger partial charge in [0.2, 0.25) is 0 Å². The topological polar surface area (TPSA) is 9.72 Å². The lowest BCUT2D eigenvalue weighted by molar-refractivity contribution is 1.26. The summed E-state index contributed by atoms with van der Waals surface area (Å²) in [6.45, 7) is 0. The number of hydrogen-bond donors (Lipinski definition) is 0. The van der Waals surface area contributed by atoms with Crippen LogP contribution in [0.5, 0.6) is 0 Å². The number of para-hydroxylation sites is 4. The average molecular weight is 792 g/mol. The van der Waals surface area contributed by atoms with Gasteiger partial charge in [0.25, 0.3) is 0 Å². The summed E-state index contributed by atoms with van der Waals surface area (Å²) >= 11 is 3.71. The molecule has 0 spiro atoms. The van der Waals surface area contributed by atoms with E-state index in [9.17, 15) is 0 Å². The van der Waals surface area contributed by atoms with E-state index in [1.165, 1.54) is 40.3 Å². The molecule has 0 aliphatic heterocycles. The van der Waals surface area contributed by atoms with Gasteiger partial charge in [0.05, 0.1) is 0 Å². The molecule has 0 fully saturated rings. The molecule has 0 atom stereocenters. The smallest absolute Gasteiger partial charge is 0.0476 e.